The summed E-state index contributed by atoms with van der Waals surface area (Å²) in [6.07, 6.45) is 5.13. The number of rotatable bonds is 3. The Labute approximate surface area is 116 Å². The Morgan fingerprint density at radius 2 is 1.79 bits per heavy atom. The Bertz CT molecular complexity index is 392. The SMILES string of the molecule is CC(CN=C(N)N1CCCCCC1)c1ccccc1. The minimum atomic E-state index is 0.423. The second-order valence-corrected chi connectivity index (χ2v) is 5.41. The molecule has 0 aromatic heterocycles. The van der Waals surface area contributed by atoms with Crippen LogP contribution in [0.15, 0.2) is 35.3 Å². The van der Waals surface area contributed by atoms with Crippen molar-refractivity contribution < 1.29 is 0 Å². The van der Waals surface area contributed by atoms with Crippen molar-refractivity contribution in [1.29, 1.82) is 0 Å². The van der Waals surface area contributed by atoms with Gasteiger partial charge in [0.15, 0.2) is 5.96 Å². The summed E-state index contributed by atoms with van der Waals surface area (Å²) in [7, 11) is 0. The largest absolute Gasteiger partial charge is 0.370 e. The van der Waals surface area contributed by atoms with Gasteiger partial charge in [-0.2, -0.15) is 0 Å². The Morgan fingerprint density at radius 3 is 2.42 bits per heavy atom. The highest BCUT2D eigenvalue weighted by Crippen LogP contribution is 2.15. The van der Waals surface area contributed by atoms with E-state index in [-0.39, 0.29) is 0 Å². The summed E-state index contributed by atoms with van der Waals surface area (Å²) in [5, 5.41) is 0. The molecule has 2 rings (SSSR count). The Balaban J connectivity index is 1.90. The van der Waals surface area contributed by atoms with E-state index in [1.165, 1.54) is 31.2 Å². The number of aliphatic imine (C=N–C) groups is 1. The van der Waals surface area contributed by atoms with Crippen LogP contribution in [-0.2, 0) is 0 Å². The molecule has 1 atom stereocenters. The van der Waals surface area contributed by atoms with Crippen molar-refractivity contribution in [2.45, 2.75) is 38.5 Å². The van der Waals surface area contributed by atoms with Crippen molar-refractivity contribution in [1.82, 2.24) is 4.90 Å². The van der Waals surface area contributed by atoms with E-state index in [0.717, 1.165) is 25.6 Å². The van der Waals surface area contributed by atoms with Crippen LogP contribution in [0.4, 0.5) is 0 Å². The summed E-state index contributed by atoms with van der Waals surface area (Å²) in [6.45, 7) is 5.10. The fourth-order valence-corrected chi connectivity index (χ4v) is 2.52. The highest BCUT2D eigenvalue weighted by atomic mass is 15.2. The molecule has 0 saturated carbocycles. The second-order valence-electron chi connectivity index (χ2n) is 5.41. The average molecular weight is 259 g/mol. The van der Waals surface area contributed by atoms with Crippen LogP contribution < -0.4 is 5.73 Å². The van der Waals surface area contributed by atoms with Crippen LogP contribution in [0.1, 0.15) is 44.1 Å². The maximum absolute atomic E-state index is 6.12. The van der Waals surface area contributed by atoms with Crippen LogP contribution in [-0.4, -0.2) is 30.5 Å². The molecule has 104 valence electrons. The van der Waals surface area contributed by atoms with Gasteiger partial charge in [0.25, 0.3) is 0 Å². The molecule has 1 heterocycles. The number of guanidine groups is 1. The van der Waals surface area contributed by atoms with E-state index in [9.17, 15) is 0 Å². The minimum absolute atomic E-state index is 0.423. The van der Waals surface area contributed by atoms with Gasteiger partial charge in [0.05, 0.1) is 0 Å². The van der Waals surface area contributed by atoms with Gasteiger partial charge in [0.2, 0.25) is 0 Å². The van der Waals surface area contributed by atoms with Gasteiger partial charge in [-0.1, -0.05) is 50.1 Å². The summed E-state index contributed by atoms with van der Waals surface area (Å²) in [6, 6.07) is 10.5. The molecule has 1 unspecified atom stereocenters. The number of likely N-dealkylation sites (tertiary alicyclic amines) is 1. The lowest BCUT2D eigenvalue weighted by Crippen LogP contribution is -2.38. The smallest absolute Gasteiger partial charge is 0.191 e. The molecule has 2 N–H and O–H groups in total. The van der Waals surface area contributed by atoms with Crippen molar-refractivity contribution in [3.63, 3.8) is 0 Å². The molecule has 0 aliphatic carbocycles. The first-order valence-corrected chi connectivity index (χ1v) is 7.37. The van der Waals surface area contributed by atoms with Gasteiger partial charge in [-0.05, 0) is 18.4 Å². The van der Waals surface area contributed by atoms with Crippen molar-refractivity contribution in [3.8, 4) is 0 Å². The molecule has 0 radical (unpaired) electrons. The van der Waals surface area contributed by atoms with Gasteiger partial charge in [0.1, 0.15) is 0 Å². The number of hydrogen-bond donors (Lipinski definition) is 1. The average Bonchev–Trinajstić information content (AvgIpc) is 2.74. The molecule has 1 saturated heterocycles. The summed E-state index contributed by atoms with van der Waals surface area (Å²) < 4.78 is 0. The van der Waals surface area contributed by atoms with Gasteiger partial charge in [-0.25, -0.2) is 0 Å². The summed E-state index contributed by atoms with van der Waals surface area (Å²) in [5.41, 5.74) is 7.45. The van der Waals surface area contributed by atoms with Gasteiger partial charge in [-0.15, -0.1) is 0 Å². The van der Waals surface area contributed by atoms with E-state index >= 15 is 0 Å². The predicted octanol–water partition coefficient (Wildman–Crippen LogP) is 2.98. The standard InChI is InChI=1S/C16H25N3/c1-14(15-9-5-4-6-10-15)13-18-16(17)19-11-7-2-3-8-12-19/h4-6,9-10,14H,2-3,7-8,11-13H2,1H3,(H2,17,18). The third kappa shape index (κ3) is 4.27. The molecular weight excluding hydrogens is 234 g/mol. The molecule has 0 spiro atoms. The lowest BCUT2D eigenvalue weighted by Gasteiger charge is -2.21. The van der Waals surface area contributed by atoms with E-state index in [0.29, 0.717) is 5.92 Å². The Hall–Kier alpha value is -1.51. The first-order chi connectivity index (χ1) is 9.27. The second kappa shape index (κ2) is 7.17. The van der Waals surface area contributed by atoms with Crippen molar-refractivity contribution >= 4 is 5.96 Å². The zero-order chi connectivity index (χ0) is 13.5. The van der Waals surface area contributed by atoms with E-state index in [2.05, 4.69) is 41.1 Å². The monoisotopic (exact) mass is 259 g/mol. The van der Waals surface area contributed by atoms with Crippen molar-refractivity contribution in [2.75, 3.05) is 19.6 Å². The molecule has 1 aromatic rings. The molecule has 1 fully saturated rings. The molecule has 1 aromatic carbocycles. The number of nitrogens with zero attached hydrogens (tertiary/aromatic N) is 2. The fraction of sp³-hybridized carbons (Fsp3) is 0.562. The molecule has 3 nitrogen and oxygen atoms in total. The Kier molecular flexibility index (Phi) is 5.25. The van der Waals surface area contributed by atoms with E-state index in [1.54, 1.807) is 0 Å². The molecule has 1 aliphatic rings. The Morgan fingerprint density at radius 1 is 1.16 bits per heavy atom. The van der Waals surface area contributed by atoms with Crippen molar-refractivity contribution in [3.05, 3.63) is 35.9 Å². The van der Waals surface area contributed by atoms with Crippen LogP contribution in [0, 0.1) is 0 Å². The number of benzene rings is 1. The minimum Gasteiger partial charge on any atom is -0.370 e. The number of nitrogens with two attached hydrogens (primary N) is 1. The van der Waals surface area contributed by atoms with Crippen LogP contribution >= 0.6 is 0 Å². The third-order valence-corrected chi connectivity index (χ3v) is 3.83. The molecular formula is C16H25N3. The maximum atomic E-state index is 6.12. The summed E-state index contributed by atoms with van der Waals surface area (Å²) in [5.74, 6) is 1.15. The van der Waals surface area contributed by atoms with Crippen LogP contribution in [0.25, 0.3) is 0 Å². The van der Waals surface area contributed by atoms with Gasteiger partial charge < -0.3 is 10.6 Å². The summed E-state index contributed by atoms with van der Waals surface area (Å²) >= 11 is 0. The quantitative estimate of drug-likeness (QED) is 0.670. The van der Waals surface area contributed by atoms with Gasteiger partial charge >= 0.3 is 0 Å². The predicted molar refractivity (Wildman–Crippen MR) is 81.4 cm³/mol. The molecule has 3 heteroatoms. The molecule has 0 bridgehead atoms. The van der Waals surface area contributed by atoms with E-state index in [1.807, 2.05) is 6.07 Å². The third-order valence-electron chi connectivity index (χ3n) is 3.83. The van der Waals surface area contributed by atoms with E-state index < -0.39 is 0 Å². The van der Waals surface area contributed by atoms with Crippen LogP contribution in [0.3, 0.4) is 0 Å². The first-order valence-electron chi connectivity index (χ1n) is 7.37. The van der Waals surface area contributed by atoms with Gasteiger partial charge in [0, 0.05) is 25.6 Å². The highest BCUT2D eigenvalue weighted by Gasteiger charge is 2.11. The zero-order valence-corrected chi connectivity index (χ0v) is 11.9. The molecule has 19 heavy (non-hydrogen) atoms. The zero-order valence-electron chi connectivity index (χ0n) is 11.9. The fourth-order valence-electron chi connectivity index (χ4n) is 2.52. The molecule has 1 aliphatic heterocycles. The highest BCUT2D eigenvalue weighted by molar-refractivity contribution is 5.78. The molecule has 0 amide bonds. The summed E-state index contributed by atoms with van der Waals surface area (Å²) in [4.78, 5) is 6.83. The van der Waals surface area contributed by atoms with E-state index in [4.69, 9.17) is 5.73 Å². The van der Waals surface area contributed by atoms with Gasteiger partial charge in [-0.3, -0.25) is 4.99 Å². The lowest BCUT2D eigenvalue weighted by molar-refractivity contribution is 0.428. The lowest BCUT2D eigenvalue weighted by atomic mass is 10.0. The van der Waals surface area contributed by atoms with Crippen LogP contribution in [0.2, 0.25) is 0 Å². The van der Waals surface area contributed by atoms with Crippen LogP contribution in [0.5, 0.6) is 0 Å². The topological polar surface area (TPSA) is 41.6 Å². The maximum Gasteiger partial charge on any atom is 0.191 e. The normalized spacial score (nSPS) is 19.0. The van der Waals surface area contributed by atoms with Crippen molar-refractivity contribution in [2.24, 2.45) is 10.7 Å². The number of hydrogen-bond acceptors (Lipinski definition) is 1. The first kappa shape index (κ1) is 13.9.